The lowest BCUT2D eigenvalue weighted by atomic mass is 10.1. The van der Waals surface area contributed by atoms with E-state index in [2.05, 4.69) is 21.8 Å². The number of carbonyl (C=O) groups is 3. The van der Waals surface area contributed by atoms with E-state index in [0.717, 1.165) is 35.5 Å². The Labute approximate surface area is 291 Å². The van der Waals surface area contributed by atoms with Crippen molar-refractivity contribution in [1.29, 1.82) is 0 Å². The van der Waals surface area contributed by atoms with Crippen molar-refractivity contribution >= 4 is 41.0 Å². The molecule has 0 saturated carbocycles. The first kappa shape index (κ1) is 33.8. The number of guanidine groups is 1. The Morgan fingerprint density at radius 2 is 1.68 bits per heavy atom. The number of fused-ring (bicyclic) bond motifs is 2. The maximum absolute atomic E-state index is 13.2. The van der Waals surface area contributed by atoms with Crippen LogP contribution in [0.3, 0.4) is 0 Å². The Balaban J connectivity index is 1.08. The number of hydrogen-bond donors (Lipinski definition) is 2. The van der Waals surface area contributed by atoms with Gasteiger partial charge in [-0.15, -0.1) is 0 Å². The second-order valence-corrected chi connectivity index (χ2v) is 12.1. The molecule has 0 bridgehead atoms. The number of carbonyl (C=O) groups excluding carboxylic acids is 3. The molecule has 50 heavy (non-hydrogen) atoms. The average molecular weight is 677 g/mol. The zero-order valence-corrected chi connectivity index (χ0v) is 28.1. The maximum atomic E-state index is 13.2. The SMILES string of the molecule is CN(C)c1ccccc1OC(=O)CN1Cc2ccc(OCCCC(=O)NN3CCc4ccccc43)cc2N=C1NC(=O)OCc1ccccc1. The molecule has 2 N–H and O–H groups in total. The third kappa shape index (κ3) is 8.70. The van der Waals surface area contributed by atoms with Gasteiger partial charge in [0.2, 0.25) is 11.9 Å². The van der Waals surface area contributed by atoms with Crippen LogP contribution in [0.4, 0.5) is 21.9 Å². The quantitative estimate of drug-likeness (QED) is 0.116. The average Bonchev–Trinajstić information content (AvgIpc) is 3.52. The van der Waals surface area contributed by atoms with Crippen molar-refractivity contribution in [3.63, 3.8) is 0 Å². The fourth-order valence-corrected chi connectivity index (χ4v) is 5.73. The molecule has 0 fully saturated rings. The molecule has 6 rings (SSSR count). The molecule has 4 aromatic rings. The van der Waals surface area contributed by atoms with Crippen LogP contribution in [0.25, 0.3) is 0 Å². The molecule has 2 aliphatic rings. The number of nitrogens with zero attached hydrogens (tertiary/aromatic N) is 4. The molecule has 0 unspecified atom stereocenters. The van der Waals surface area contributed by atoms with Gasteiger partial charge in [0, 0.05) is 39.7 Å². The van der Waals surface area contributed by atoms with Crippen molar-refractivity contribution in [2.24, 2.45) is 4.99 Å². The van der Waals surface area contributed by atoms with E-state index < -0.39 is 12.1 Å². The molecule has 0 radical (unpaired) electrons. The number of aliphatic imine (C=N–C) groups is 1. The number of esters is 1. The van der Waals surface area contributed by atoms with Crippen LogP contribution < -0.4 is 30.1 Å². The van der Waals surface area contributed by atoms with Crippen LogP contribution >= 0.6 is 0 Å². The predicted octanol–water partition coefficient (Wildman–Crippen LogP) is 5.34. The molecular formula is C38H40N6O6. The summed E-state index contributed by atoms with van der Waals surface area (Å²) < 4.78 is 17.1. The highest BCUT2D eigenvalue weighted by molar-refractivity contribution is 5.98. The van der Waals surface area contributed by atoms with Gasteiger partial charge in [-0.25, -0.2) is 14.6 Å². The summed E-state index contributed by atoms with van der Waals surface area (Å²) in [7, 11) is 3.74. The van der Waals surface area contributed by atoms with Gasteiger partial charge < -0.3 is 24.0 Å². The number of hydrogen-bond acceptors (Lipinski definition) is 10. The second kappa shape index (κ2) is 15.9. The molecule has 4 aromatic carbocycles. The van der Waals surface area contributed by atoms with Crippen LogP contribution in [0, 0.1) is 0 Å². The summed E-state index contributed by atoms with van der Waals surface area (Å²) in [6.07, 6.45) is 1.02. The summed E-state index contributed by atoms with van der Waals surface area (Å²) in [6.45, 7) is 1.25. The van der Waals surface area contributed by atoms with Gasteiger partial charge in [0.25, 0.3) is 0 Å². The lowest BCUT2D eigenvalue weighted by Crippen LogP contribution is -2.47. The summed E-state index contributed by atoms with van der Waals surface area (Å²) >= 11 is 0. The standard InChI is InChI=1S/C38H40N6O6/c1-42(2)33-15-8-9-16-34(33)50-36(46)25-43-24-29-18-19-30(23-31(29)39-37(43)40-38(47)49-26-27-11-4-3-5-12-27)48-22-10-17-35(45)41-44-21-20-28-13-6-7-14-32(28)44/h3-9,11-16,18-19,23H,10,17,20-22,24-26H2,1-2H3,(H,41,45)(H,39,40,47). The number of amides is 2. The minimum Gasteiger partial charge on any atom is -0.494 e. The maximum Gasteiger partial charge on any atom is 0.414 e. The smallest absolute Gasteiger partial charge is 0.414 e. The Morgan fingerprint density at radius 3 is 2.52 bits per heavy atom. The number of benzene rings is 4. The van der Waals surface area contributed by atoms with Crippen molar-refractivity contribution in [3.8, 4) is 11.5 Å². The van der Waals surface area contributed by atoms with Gasteiger partial charge in [-0.05, 0) is 53.8 Å². The lowest BCUT2D eigenvalue weighted by Gasteiger charge is -2.29. The summed E-state index contributed by atoms with van der Waals surface area (Å²) in [6, 6.07) is 30.1. The number of alkyl carbamates (subject to hydrolysis) is 1. The van der Waals surface area contributed by atoms with Crippen LogP contribution in [0.5, 0.6) is 11.5 Å². The van der Waals surface area contributed by atoms with Gasteiger partial charge in [0.15, 0.2) is 5.75 Å². The number of rotatable bonds is 12. The summed E-state index contributed by atoms with van der Waals surface area (Å²) in [4.78, 5) is 46.8. The number of ether oxygens (including phenoxy) is 3. The van der Waals surface area contributed by atoms with E-state index in [1.807, 2.05) is 96.8 Å². The zero-order valence-electron chi connectivity index (χ0n) is 28.1. The van der Waals surface area contributed by atoms with E-state index in [0.29, 0.717) is 36.6 Å². The molecular weight excluding hydrogens is 636 g/mol. The Kier molecular flexibility index (Phi) is 10.8. The minimum atomic E-state index is -0.713. The number of hydrazine groups is 1. The Hall–Kier alpha value is -6.04. The van der Waals surface area contributed by atoms with Gasteiger partial charge in [0.1, 0.15) is 18.9 Å². The van der Waals surface area contributed by atoms with E-state index in [1.165, 1.54) is 5.56 Å². The van der Waals surface area contributed by atoms with Crippen molar-refractivity contribution in [1.82, 2.24) is 15.6 Å². The number of para-hydroxylation sites is 3. The van der Waals surface area contributed by atoms with Crippen LogP contribution in [-0.2, 0) is 33.9 Å². The van der Waals surface area contributed by atoms with Crippen LogP contribution in [0.2, 0.25) is 0 Å². The van der Waals surface area contributed by atoms with Gasteiger partial charge in [-0.3, -0.25) is 20.5 Å². The van der Waals surface area contributed by atoms with Gasteiger partial charge >= 0.3 is 12.1 Å². The minimum absolute atomic E-state index is 0.0703. The van der Waals surface area contributed by atoms with E-state index in [4.69, 9.17) is 14.2 Å². The first-order valence-electron chi connectivity index (χ1n) is 16.5. The summed E-state index contributed by atoms with van der Waals surface area (Å²) in [5.41, 5.74) is 8.24. The van der Waals surface area contributed by atoms with E-state index in [-0.39, 0.29) is 31.6 Å². The largest absolute Gasteiger partial charge is 0.494 e. The van der Waals surface area contributed by atoms with Gasteiger partial charge in [0.05, 0.1) is 23.7 Å². The molecule has 12 heteroatoms. The molecule has 0 saturated heterocycles. The molecule has 0 aromatic heterocycles. The number of anilines is 2. The van der Waals surface area contributed by atoms with E-state index >= 15 is 0 Å². The fourth-order valence-electron chi connectivity index (χ4n) is 5.73. The summed E-state index contributed by atoms with van der Waals surface area (Å²) in [5, 5.41) is 4.61. The molecule has 12 nitrogen and oxygen atoms in total. The fraction of sp³-hybridized carbons (Fsp3) is 0.263. The molecule has 2 amide bonds. The molecule has 2 heterocycles. The van der Waals surface area contributed by atoms with E-state index in [9.17, 15) is 14.4 Å². The van der Waals surface area contributed by atoms with Crippen molar-refractivity contribution in [2.75, 3.05) is 43.7 Å². The molecule has 0 atom stereocenters. The highest BCUT2D eigenvalue weighted by Crippen LogP contribution is 2.31. The molecule has 2 aliphatic heterocycles. The number of nitrogens with one attached hydrogen (secondary N) is 2. The van der Waals surface area contributed by atoms with Crippen LogP contribution in [0.1, 0.15) is 29.5 Å². The van der Waals surface area contributed by atoms with Crippen molar-refractivity contribution in [2.45, 2.75) is 32.4 Å². The highest BCUT2D eigenvalue weighted by atomic mass is 16.5. The first-order valence-corrected chi connectivity index (χ1v) is 16.5. The van der Waals surface area contributed by atoms with Crippen molar-refractivity contribution in [3.05, 3.63) is 114 Å². The normalized spacial score (nSPS) is 13.0. The Morgan fingerprint density at radius 1 is 0.900 bits per heavy atom. The summed E-state index contributed by atoms with van der Waals surface area (Å²) in [5.74, 6) is 0.549. The van der Waals surface area contributed by atoms with Crippen molar-refractivity contribution < 1.29 is 28.6 Å². The third-order valence-electron chi connectivity index (χ3n) is 8.23. The van der Waals surface area contributed by atoms with Crippen LogP contribution in [-0.4, -0.2) is 62.6 Å². The monoisotopic (exact) mass is 676 g/mol. The van der Waals surface area contributed by atoms with E-state index in [1.54, 1.807) is 23.1 Å². The molecule has 258 valence electrons. The van der Waals surface area contributed by atoms with Crippen LogP contribution in [0.15, 0.2) is 102 Å². The topological polar surface area (TPSA) is 125 Å². The highest BCUT2D eigenvalue weighted by Gasteiger charge is 2.26. The lowest BCUT2D eigenvalue weighted by molar-refractivity contribution is -0.134. The first-order chi connectivity index (χ1) is 24.3. The molecule has 0 aliphatic carbocycles. The Bertz CT molecular complexity index is 1860. The van der Waals surface area contributed by atoms with Gasteiger partial charge in [-0.1, -0.05) is 66.7 Å². The second-order valence-electron chi connectivity index (χ2n) is 12.1. The molecule has 0 spiro atoms. The zero-order chi connectivity index (χ0) is 34.9. The third-order valence-corrected chi connectivity index (χ3v) is 8.23. The predicted molar refractivity (Wildman–Crippen MR) is 190 cm³/mol. The van der Waals surface area contributed by atoms with Gasteiger partial charge in [-0.2, -0.15) is 0 Å².